The van der Waals surface area contributed by atoms with Crippen molar-refractivity contribution in [3.05, 3.63) is 59.2 Å². The zero-order valence-electron chi connectivity index (χ0n) is 23.8. The highest BCUT2D eigenvalue weighted by molar-refractivity contribution is 5.76. The summed E-state index contributed by atoms with van der Waals surface area (Å²) in [6.07, 6.45) is -2.63. The summed E-state index contributed by atoms with van der Waals surface area (Å²) in [6, 6.07) is 14.3. The molecule has 2 saturated heterocycles. The Balaban J connectivity index is 0.00000462. The second kappa shape index (κ2) is 13.6. The largest absolute Gasteiger partial charge is 0.417 e. The lowest BCUT2D eigenvalue weighted by Gasteiger charge is -2.36. The molecule has 41 heavy (non-hydrogen) atoms. The monoisotopic (exact) mass is 571 g/mol. The summed E-state index contributed by atoms with van der Waals surface area (Å²) in [4.78, 5) is 21.5. The maximum Gasteiger partial charge on any atom is 0.417 e. The molecule has 0 N–H and O–H groups in total. The molecule has 2 aliphatic rings. The molecule has 2 heterocycles. The van der Waals surface area contributed by atoms with E-state index in [-0.39, 0.29) is 24.3 Å². The van der Waals surface area contributed by atoms with Crippen LogP contribution in [0, 0.1) is 11.3 Å². The van der Waals surface area contributed by atoms with Gasteiger partial charge in [0.2, 0.25) is 5.91 Å². The summed E-state index contributed by atoms with van der Waals surface area (Å²) in [5, 5.41) is 9.05. The standard InChI is InChI=1S/C31H40F3N5O.CH4/c1-30(2,3)25-8-11-26(12-9-25)38-18-16-36(17-19-38)13-4-6-29(40)39-15-5-14-37(20-21-39)27-10-7-24(23-35)28(22-27)31(32,33)34;/h7-12,22H,4-6,13-21H2,1-3H3;1H4. The molecular formula is C32H44F3N5O. The number of anilines is 2. The number of benzene rings is 2. The maximum absolute atomic E-state index is 13.4. The molecule has 0 saturated carbocycles. The van der Waals surface area contributed by atoms with E-state index in [0.717, 1.165) is 45.2 Å². The average Bonchev–Trinajstić information content (AvgIpc) is 3.19. The highest BCUT2D eigenvalue weighted by Crippen LogP contribution is 2.34. The van der Waals surface area contributed by atoms with Crippen LogP contribution in [0.15, 0.2) is 42.5 Å². The third kappa shape index (κ3) is 8.38. The molecule has 0 aromatic heterocycles. The van der Waals surface area contributed by atoms with Gasteiger partial charge < -0.3 is 14.7 Å². The van der Waals surface area contributed by atoms with Crippen LogP contribution in [0.25, 0.3) is 0 Å². The third-order valence-electron chi connectivity index (χ3n) is 7.98. The minimum absolute atomic E-state index is 0. The number of alkyl halides is 3. The Morgan fingerprint density at radius 3 is 2.07 bits per heavy atom. The van der Waals surface area contributed by atoms with Crippen LogP contribution >= 0.6 is 0 Å². The number of hydrogen-bond donors (Lipinski definition) is 0. The quantitative estimate of drug-likeness (QED) is 0.416. The number of carbonyl (C=O) groups excluding carboxylic acids is 1. The molecule has 6 nitrogen and oxygen atoms in total. The predicted molar refractivity (Wildman–Crippen MR) is 159 cm³/mol. The molecule has 2 aromatic rings. The summed E-state index contributed by atoms with van der Waals surface area (Å²) in [6.45, 7) is 13.5. The van der Waals surface area contributed by atoms with E-state index in [0.29, 0.717) is 44.7 Å². The van der Waals surface area contributed by atoms with Crippen LogP contribution in [0.1, 0.15) is 64.2 Å². The maximum atomic E-state index is 13.4. The molecule has 2 fully saturated rings. The lowest BCUT2D eigenvalue weighted by Crippen LogP contribution is -2.46. The van der Waals surface area contributed by atoms with Crippen LogP contribution in [0.2, 0.25) is 0 Å². The number of amides is 1. The van der Waals surface area contributed by atoms with Gasteiger partial charge >= 0.3 is 6.18 Å². The van der Waals surface area contributed by atoms with Crippen molar-refractivity contribution >= 4 is 17.3 Å². The zero-order chi connectivity index (χ0) is 28.9. The Morgan fingerprint density at radius 2 is 1.46 bits per heavy atom. The van der Waals surface area contributed by atoms with E-state index >= 15 is 0 Å². The first-order valence-electron chi connectivity index (χ1n) is 14.2. The lowest BCUT2D eigenvalue weighted by molar-refractivity contribution is -0.137. The number of carbonyl (C=O) groups is 1. The normalized spacial score (nSPS) is 17.0. The van der Waals surface area contributed by atoms with Gasteiger partial charge in [0.25, 0.3) is 0 Å². The molecule has 0 spiro atoms. The number of nitrogens with zero attached hydrogens (tertiary/aromatic N) is 5. The predicted octanol–water partition coefficient (Wildman–Crippen LogP) is 6.15. The van der Waals surface area contributed by atoms with Crippen LogP contribution in [0.4, 0.5) is 24.5 Å². The van der Waals surface area contributed by atoms with Crippen molar-refractivity contribution in [2.45, 2.75) is 59.1 Å². The Morgan fingerprint density at radius 1 is 0.854 bits per heavy atom. The van der Waals surface area contributed by atoms with Crippen LogP contribution in [-0.2, 0) is 16.4 Å². The van der Waals surface area contributed by atoms with Crippen LogP contribution in [0.3, 0.4) is 0 Å². The molecule has 0 atom stereocenters. The first-order chi connectivity index (χ1) is 19.0. The van der Waals surface area contributed by atoms with Gasteiger partial charge in [-0.1, -0.05) is 40.3 Å². The topological polar surface area (TPSA) is 53.8 Å². The molecule has 224 valence electrons. The molecule has 0 bridgehead atoms. The average molecular weight is 572 g/mol. The molecule has 1 amide bonds. The molecule has 9 heteroatoms. The van der Waals surface area contributed by atoms with Crippen molar-refractivity contribution < 1.29 is 18.0 Å². The molecule has 0 aliphatic carbocycles. The van der Waals surface area contributed by atoms with Gasteiger partial charge in [-0.2, -0.15) is 18.4 Å². The molecular weight excluding hydrogens is 527 g/mol. The number of rotatable bonds is 6. The van der Waals surface area contributed by atoms with Gasteiger partial charge in [-0.25, -0.2) is 0 Å². The van der Waals surface area contributed by atoms with Gasteiger partial charge in [0.05, 0.1) is 17.2 Å². The van der Waals surface area contributed by atoms with E-state index in [1.54, 1.807) is 12.1 Å². The van der Waals surface area contributed by atoms with Gasteiger partial charge in [-0.15, -0.1) is 0 Å². The number of nitriles is 1. The highest BCUT2D eigenvalue weighted by Gasteiger charge is 2.34. The Bertz CT molecular complexity index is 1190. The fourth-order valence-corrected chi connectivity index (χ4v) is 5.50. The molecule has 2 aromatic carbocycles. The molecule has 0 radical (unpaired) electrons. The van der Waals surface area contributed by atoms with Gasteiger partial charge in [0.15, 0.2) is 0 Å². The Kier molecular flexibility index (Phi) is 10.7. The fraction of sp³-hybridized carbons (Fsp3) is 0.562. The van der Waals surface area contributed by atoms with Crippen molar-refractivity contribution in [3.63, 3.8) is 0 Å². The summed E-state index contributed by atoms with van der Waals surface area (Å²) >= 11 is 0. The summed E-state index contributed by atoms with van der Waals surface area (Å²) in [5.41, 5.74) is 1.88. The number of halogens is 3. The molecule has 4 rings (SSSR count). The molecule has 0 unspecified atom stereocenters. The highest BCUT2D eigenvalue weighted by atomic mass is 19.4. The zero-order valence-corrected chi connectivity index (χ0v) is 23.8. The van der Waals surface area contributed by atoms with E-state index in [2.05, 4.69) is 54.8 Å². The van der Waals surface area contributed by atoms with Gasteiger partial charge in [-0.3, -0.25) is 9.69 Å². The first-order valence-corrected chi connectivity index (χ1v) is 14.2. The SMILES string of the molecule is C.CC(C)(C)c1ccc(N2CCN(CCCC(=O)N3CCCN(c4ccc(C#N)c(C(F)(F)F)c4)CC3)CC2)cc1. The van der Waals surface area contributed by atoms with Crippen molar-refractivity contribution in [2.75, 3.05) is 68.7 Å². The van der Waals surface area contributed by atoms with Crippen molar-refractivity contribution in [2.24, 2.45) is 0 Å². The van der Waals surface area contributed by atoms with E-state index in [1.807, 2.05) is 9.80 Å². The summed E-state index contributed by atoms with van der Waals surface area (Å²) < 4.78 is 40.2. The first kappa shape index (κ1) is 32.3. The van der Waals surface area contributed by atoms with E-state index in [4.69, 9.17) is 5.26 Å². The van der Waals surface area contributed by atoms with Crippen LogP contribution in [0.5, 0.6) is 0 Å². The lowest BCUT2D eigenvalue weighted by atomic mass is 9.87. The smallest absolute Gasteiger partial charge is 0.370 e. The minimum Gasteiger partial charge on any atom is -0.370 e. The third-order valence-corrected chi connectivity index (χ3v) is 7.98. The van der Waals surface area contributed by atoms with Crippen LogP contribution in [-0.4, -0.2) is 74.6 Å². The van der Waals surface area contributed by atoms with Gasteiger partial charge in [0, 0.05) is 70.2 Å². The molecule has 2 aliphatic heterocycles. The van der Waals surface area contributed by atoms with Crippen molar-refractivity contribution in [1.82, 2.24) is 9.80 Å². The van der Waals surface area contributed by atoms with E-state index in [9.17, 15) is 18.0 Å². The van der Waals surface area contributed by atoms with E-state index < -0.39 is 11.7 Å². The van der Waals surface area contributed by atoms with Crippen LogP contribution < -0.4 is 9.80 Å². The summed E-state index contributed by atoms with van der Waals surface area (Å²) in [7, 11) is 0. The minimum atomic E-state index is -4.58. The summed E-state index contributed by atoms with van der Waals surface area (Å²) in [5.74, 6) is 0.107. The van der Waals surface area contributed by atoms with E-state index in [1.165, 1.54) is 17.3 Å². The second-order valence-electron chi connectivity index (χ2n) is 11.8. The van der Waals surface area contributed by atoms with Gasteiger partial charge in [-0.05, 0) is 60.7 Å². The second-order valence-corrected chi connectivity index (χ2v) is 11.8. The van der Waals surface area contributed by atoms with Crippen molar-refractivity contribution in [1.29, 1.82) is 5.26 Å². The number of piperazine rings is 1. The number of hydrogen-bond acceptors (Lipinski definition) is 5. The Labute approximate surface area is 243 Å². The fourth-order valence-electron chi connectivity index (χ4n) is 5.50. The van der Waals surface area contributed by atoms with Crippen molar-refractivity contribution in [3.8, 4) is 6.07 Å². The Hall–Kier alpha value is -3.25. The van der Waals surface area contributed by atoms with Gasteiger partial charge in [0.1, 0.15) is 0 Å².